The van der Waals surface area contributed by atoms with E-state index in [0.717, 1.165) is 12.0 Å². The molecule has 0 aromatic carbocycles. The van der Waals surface area contributed by atoms with E-state index < -0.39 is 5.79 Å². The molecule has 0 N–H and O–H groups in total. The van der Waals surface area contributed by atoms with Crippen LogP contribution in [0.25, 0.3) is 0 Å². The zero-order valence-corrected chi connectivity index (χ0v) is 9.47. The van der Waals surface area contributed by atoms with Gasteiger partial charge < -0.3 is 9.47 Å². The molecule has 0 aliphatic carbocycles. The van der Waals surface area contributed by atoms with Crippen LogP contribution < -0.4 is 0 Å². The smallest absolute Gasteiger partial charge is 0.190 e. The Kier molecular flexibility index (Phi) is 4.63. The molecular weight excluding hydrogens is 176 g/mol. The number of ether oxygens (including phenoxy) is 2. The Morgan fingerprint density at radius 3 is 2.36 bits per heavy atom. The first kappa shape index (κ1) is 11.7. The van der Waals surface area contributed by atoms with Crippen molar-refractivity contribution >= 4 is 0 Å². The molecule has 0 bridgehead atoms. The molecule has 1 rings (SSSR count). The van der Waals surface area contributed by atoms with E-state index in [1.54, 1.807) is 0 Å². The van der Waals surface area contributed by atoms with E-state index in [4.69, 9.17) is 9.47 Å². The molecule has 0 unspecified atom stereocenters. The van der Waals surface area contributed by atoms with Gasteiger partial charge in [0, 0.05) is 6.42 Å². The van der Waals surface area contributed by atoms with Crippen molar-refractivity contribution < 1.29 is 9.47 Å². The minimum absolute atomic E-state index is 0.451. The Hall–Kier alpha value is -0.340. The van der Waals surface area contributed by atoms with E-state index in [2.05, 4.69) is 13.5 Å². The summed E-state index contributed by atoms with van der Waals surface area (Å²) in [7, 11) is 0. The second-order valence-corrected chi connectivity index (χ2v) is 4.04. The Morgan fingerprint density at radius 1 is 1.21 bits per heavy atom. The first-order chi connectivity index (χ1) is 6.71. The summed E-state index contributed by atoms with van der Waals surface area (Å²) >= 11 is 0. The van der Waals surface area contributed by atoms with Crippen LogP contribution in [0.15, 0.2) is 12.2 Å². The van der Waals surface area contributed by atoms with E-state index in [0.29, 0.717) is 13.2 Å². The molecule has 0 aromatic rings. The van der Waals surface area contributed by atoms with E-state index in [1.165, 1.54) is 25.7 Å². The molecule has 0 spiro atoms. The lowest BCUT2D eigenvalue weighted by Crippen LogP contribution is -2.31. The summed E-state index contributed by atoms with van der Waals surface area (Å²) < 4.78 is 11.3. The molecule has 0 amide bonds. The van der Waals surface area contributed by atoms with E-state index in [9.17, 15) is 0 Å². The van der Waals surface area contributed by atoms with Crippen LogP contribution in [0.5, 0.6) is 0 Å². The van der Waals surface area contributed by atoms with Gasteiger partial charge in [-0.2, -0.15) is 0 Å². The summed E-state index contributed by atoms with van der Waals surface area (Å²) in [6.07, 6.45) is 5.95. The largest absolute Gasteiger partial charge is 0.344 e. The topological polar surface area (TPSA) is 18.5 Å². The van der Waals surface area contributed by atoms with Crippen LogP contribution in [-0.4, -0.2) is 19.0 Å². The lowest BCUT2D eigenvalue weighted by molar-refractivity contribution is -0.131. The van der Waals surface area contributed by atoms with Gasteiger partial charge in [0.05, 0.1) is 13.2 Å². The fourth-order valence-corrected chi connectivity index (χ4v) is 1.84. The number of unbranched alkanes of at least 4 members (excludes halogenated alkanes) is 3. The van der Waals surface area contributed by atoms with Crippen LogP contribution in [-0.2, 0) is 9.47 Å². The average molecular weight is 198 g/mol. The van der Waals surface area contributed by atoms with Crippen molar-refractivity contribution in [3.63, 3.8) is 0 Å². The van der Waals surface area contributed by atoms with Crippen LogP contribution in [0.3, 0.4) is 0 Å². The van der Waals surface area contributed by atoms with Gasteiger partial charge in [-0.25, -0.2) is 0 Å². The van der Waals surface area contributed by atoms with Gasteiger partial charge in [-0.05, 0) is 18.9 Å². The van der Waals surface area contributed by atoms with Crippen LogP contribution in [0, 0.1) is 0 Å². The van der Waals surface area contributed by atoms with Crippen molar-refractivity contribution in [2.45, 2.75) is 51.7 Å². The highest BCUT2D eigenvalue weighted by atomic mass is 16.7. The Labute approximate surface area is 87.3 Å². The third-order valence-electron chi connectivity index (χ3n) is 2.76. The first-order valence-electron chi connectivity index (χ1n) is 5.65. The summed E-state index contributed by atoms with van der Waals surface area (Å²) in [6, 6.07) is 0. The molecule has 1 fully saturated rings. The molecule has 0 aromatic heterocycles. The highest BCUT2D eigenvalue weighted by molar-refractivity contribution is 5.06. The maximum absolute atomic E-state index is 5.66. The van der Waals surface area contributed by atoms with Crippen molar-refractivity contribution in [3.8, 4) is 0 Å². The SMILES string of the molecule is C=C(C)C1(CCCCCC)OCCO1. The van der Waals surface area contributed by atoms with E-state index in [-0.39, 0.29) is 0 Å². The monoisotopic (exact) mass is 198 g/mol. The second kappa shape index (κ2) is 5.52. The van der Waals surface area contributed by atoms with Crippen LogP contribution in [0.4, 0.5) is 0 Å². The van der Waals surface area contributed by atoms with Gasteiger partial charge in [0.2, 0.25) is 0 Å². The molecule has 0 saturated carbocycles. The summed E-state index contributed by atoms with van der Waals surface area (Å²) in [5.41, 5.74) is 1.01. The van der Waals surface area contributed by atoms with Gasteiger partial charge in [0.25, 0.3) is 0 Å². The lowest BCUT2D eigenvalue weighted by atomic mass is 10.0. The zero-order chi connectivity index (χ0) is 10.4. The van der Waals surface area contributed by atoms with Crippen molar-refractivity contribution in [2.75, 3.05) is 13.2 Å². The molecule has 0 radical (unpaired) electrons. The molecule has 82 valence electrons. The number of hydrogen-bond acceptors (Lipinski definition) is 2. The third-order valence-corrected chi connectivity index (χ3v) is 2.76. The van der Waals surface area contributed by atoms with Crippen molar-refractivity contribution in [2.24, 2.45) is 0 Å². The minimum Gasteiger partial charge on any atom is -0.344 e. The lowest BCUT2D eigenvalue weighted by Gasteiger charge is -2.27. The van der Waals surface area contributed by atoms with Crippen molar-refractivity contribution in [1.82, 2.24) is 0 Å². The van der Waals surface area contributed by atoms with E-state index >= 15 is 0 Å². The Bertz CT molecular complexity index is 181. The third kappa shape index (κ3) is 2.82. The summed E-state index contributed by atoms with van der Waals surface area (Å²) in [5, 5.41) is 0. The molecular formula is C12H22O2. The minimum atomic E-state index is -0.451. The summed E-state index contributed by atoms with van der Waals surface area (Å²) in [4.78, 5) is 0. The zero-order valence-electron chi connectivity index (χ0n) is 9.47. The fraction of sp³-hybridized carbons (Fsp3) is 0.833. The van der Waals surface area contributed by atoms with E-state index in [1.807, 2.05) is 6.92 Å². The predicted octanol–water partition coefficient (Wildman–Crippen LogP) is 3.28. The van der Waals surface area contributed by atoms with Crippen molar-refractivity contribution in [1.29, 1.82) is 0 Å². The molecule has 1 heterocycles. The average Bonchev–Trinajstić information content (AvgIpc) is 2.62. The molecule has 2 nitrogen and oxygen atoms in total. The van der Waals surface area contributed by atoms with Crippen molar-refractivity contribution in [3.05, 3.63) is 12.2 Å². The molecule has 1 aliphatic heterocycles. The summed E-state index contributed by atoms with van der Waals surface area (Å²) in [6.45, 7) is 9.59. The maximum atomic E-state index is 5.66. The quantitative estimate of drug-likeness (QED) is 0.481. The Morgan fingerprint density at radius 2 is 1.86 bits per heavy atom. The molecule has 14 heavy (non-hydrogen) atoms. The highest BCUT2D eigenvalue weighted by Gasteiger charge is 2.36. The van der Waals surface area contributed by atoms with Gasteiger partial charge in [0.1, 0.15) is 0 Å². The second-order valence-electron chi connectivity index (χ2n) is 4.04. The molecule has 1 saturated heterocycles. The highest BCUT2D eigenvalue weighted by Crippen LogP contribution is 2.32. The number of rotatable bonds is 6. The summed E-state index contributed by atoms with van der Waals surface area (Å²) in [5.74, 6) is -0.451. The van der Waals surface area contributed by atoms with Crippen LogP contribution in [0.1, 0.15) is 46.0 Å². The first-order valence-corrected chi connectivity index (χ1v) is 5.65. The predicted molar refractivity (Wildman–Crippen MR) is 58.2 cm³/mol. The van der Waals surface area contributed by atoms with Gasteiger partial charge >= 0.3 is 0 Å². The standard InChI is InChI=1S/C12H22O2/c1-4-5-6-7-8-12(11(2)3)13-9-10-14-12/h2,4-10H2,1,3H3. The van der Waals surface area contributed by atoms with Gasteiger partial charge in [-0.1, -0.05) is 32.8 Å². The Balaban J connectivity index is 2.33. The normalized spacial score (nSPS) is 19.9. The fourth-order valence-electron chi connectivity index (χ4n) is 1.84. The molecule has 1 aliphatic rings. The van der Waals surface area contributed by atoms with Crippen LogP contribution in [0.2, 0.25) is 0 Å². The maximum Gasteiger partial charge on any atom is 0.190 e. The molecule has 0 atom stereocenters. The van der Waals surface area contributed by atoms with Gasteiger partial charge in [-0.15, -0.1) is 0 Å². The molecule has 2 heteroatoms. The number of hydrogen-bond donors (Lipinski definition) is 0. The van der Waals surface area contributed by atoms with Gasteiger partial charge in [0.15, 0.2) is 5.79 Å². The van der Waals surface area contributed by atoms with Gasteiger partial charge in [-0.3, -0.25) is 0 Å². The van der Waals surface area contributed by atoms with Crippen LogP contribution >= 0.6 is 0 Å².